The van der Waals surface area contributed by atoms with Gasteiger partial charge in [0.2, 0.25) is 0 Å². The van der Waals surface area contributed by atoms with Gasteiger partial charge in [0.25, 0.3) is 0 Å². The van der Waals surface area contributed by atoms with E-state index in [2.05, 4.69) is 31.2 Å². The minimum absolute atomic E-state index is 0.344. The third kappa shape index (κ3) is 4.18. The Kier molecular flexibility index (Phi) is 4.70. The van der Waals surface area contributed by atoms with E-state index in [1.54, 1.807) is 13.2 Å². The minimum Gasteiger partial charge on any atom is -0.384 e. The summed E-state index contributed by atoms with van der Waals surface area (Å²) in [6.45, 7) is 1.01. The maximum atomic E-state index is 5.73. The van der Waals surface area contributed by atoms with E-state index in [1.807, 2.05) is 24.3 Å². The molecule has 1 heterocycles. The number of nitrogens with two attached hydrogens (primary N) is 1. The molecule has 3 N–H and O–H groups in total. The van der Waals surface area contributed by atoms with Crippen LogP contribution in [-0.2, 0) is 17.9 Å². The highest BCUT2D eigenvalue weighted by Gasteiger charge is 2.02. The van der Waals surface area contributed by atoms with Gasteiger partial charge in [-0.2, -0.15) is 0 Å². The van der Waals surface area contributed by atoms with Gasteiger partial charge in [-0.15, -0.1) is 0 Å². The van der Waals surface area contributed by atoms with Crippen molar-refractivity contribution in [3.05, 3.63) is 46.2 Å². The Morgan fingerprint density at radius 1 is 1.32 bits per heavy atom. The van der Waals surface area contributed by atoms with Gasteiger partial charge in [0.15, 0.2) is 5.82 Å². The second-order valence-corrected chi connectivity index (χ2v) is 4.93. The van der Waals surface area contributed by atoms with Gasteiger partial charge in [0.1, 0.15) is 18.2 Å². The van der Waals surface area contributed by atoms with E-state index in [1.165, 1.54) is 0 Å². The Morgan fingerprint density at radius 3 is 2.89 bits per heavy atom. The van der Waals surface area contributed by atoms with Crippen molar-refractivity contribution in [1.29, 1.82) is 0 Å². The number of methoxy groups -OCH3 is 1. The standard InChI is InChI=1S/C13H15BrN4O/c1-19-8-13-17-11(15)6-12(18-13)16-7-9-3-2-4-10(14)5-9/h2-6H,7-8H2,1H3,(H3,15,16,17,18). The van der Waals surface area contributed by atoms with Crippen LogP contribution in [0.5, 0.6) is 0 Å². The molecule has 0 aliphatic heterocycles. The van der Waals surface area contributed by atoms with Crippen LogP contribution in [0.2, 0.25) is 0 Å². The van der Waals surface area contributed by atoms with E-state index in [0.29, 0.717) is 30.6 Å². The van der Waals surface area contributed by atoms with Crippen molar-refractivity contribution in [2.24, 2.45) is 0 Å². The molecule has 0 radical (unpaired) electrons. The number of nitrogens with one attached hydrogen (secondary N) is 1. The monoisotopic (exact) mass is 322 g/mol. The predicted octanol–water partition coefficient (Wildman–Crippen LogP) is 2.58. The molecular formula is C13H15BrN4O. The van der Waals surface area contributed by atoms with E-state index in [9.17, 15) is 0 Å². The van der Waals surface area contributed by atoms with Crippen molar-refractivity contribution in [2.75, 3.05) is 18.2 Å². The predicted molar refractivity (Wildman–Crippen MR) is 78.6 cm³/mol. The van der Waals surface area contributed by atoms with Gasteiger partial charge in [-0.05, 0) is 17.7 Å². The summed E-state index contributed by atoms with van der Waals surface area (Å²) in [4.78, 5) is 8.41. The zero-order valence-corrected chi connectivity index (χ0v) is 12.1. The van der Waals surface area contributed by atoms with Crippen molar-refractivity contribution < 1.29 is 4.74 Å². The molecule has 0 unspecified atom stereocenters. The number of anilines is 2. The first-order valence-electron chi connectivity index (χ1n) is 5.78. The Labute approximate surface area is 120 Å². The number of halogens is 1. The Morgan fingerprint density at radius 2 is 2.16 bits per heavy atom. The molecule has 0 saturated carbocycles. The van der Waals surface area contributed by atoms with E-state index in [0.717, 1.165) is 10.0 Å². The summed E-state index contributed by atoms with van der Waals surface area (Å²) < 4.78 is 6.05. The SMILES string of the molecule is COCc1nc(N)cc(NCc2cccc(Br)c2)n1. The fourth-order valence-electron chi connectivity index (χ4n) is 1.64. The first-order valence-corrected chi connectivity index (χ1v) is 6.57. The van der Waals surface area contributed by atoms with Crippen molar-refractivity contribution in [1.82, 2.24) is 9.97 Å². The van der Waals surface area contributed by atoms with Crippen LogP contribution in [0.1, 0.15) is 11.4 Å². The molecule has 1 aromatic heterocycles. The first-order chi connectivity index (χ1) is 9.17. The zero-order valence-electron chi connectivity index (χ0n) is 10.6. The van der Waals surface area contributed by atoms with E-state index < -0.39 is 0 Å². The lowest BCUT2D eigenvalue weighted by Gasteiger charge is -2.08. The average molecular weight is 323 g/mol. The highest BCUT2D eigenvalue weighted by atomic mass is 79.9. The molecule has 100 valence electrons. The number of benzene rings is 1. The van der Waals surface area contributed by atoms with Crippen LogP contribution in [0.4, 0.5) is 11.6 Å². The van der Waals surface area contributed by atoms with Crippen LogP contribution in [0, 0.1) is 0 Å². The summed E-state index contributed by atoms with van der Waals surface area (Å²) in [6.07, 6.45) is 0. The molecule has 0 fully saturated rings. The van der Waals surface area contributed by atoms with Crippen LogP contribution in [-0.4, -0.2) is 17.1 Å². The summed E-state index contributed by atoms with van der Waals surface area (Å²) in [7, 11) is 1.60. The Balaban J connectivity index is 2.06. The van der Waals surface area contributed by atoms with Crippen LogP contribution < -0.4 is 11.1 Å². The van der Waals surface area contributed by atoms with Gasteiger partial charge in [-0.3, -0.25) is 0 Å². The molecule has 19 heavy (non-hydrogen) atoms. The molecule has 0 atom stereocenters. The number of hydrogen-bond donors (Lipinski definition) is 2. The van der Waals surface area contributed by atoms with Crippen molar-refractivity contribution >= 4 is 27.6 Å². The second-order valence-electron chi connectivity index (χ2n) is 4.01. The van der Waals surface area contributed by atoms with Gasteiger partial charge in [0, 0.05) is 24.2 Å². The number of rotatable bonds is 5. The Bertz CT molecular complexity index is 562. The summed E-state index contributed by atoms with van der Waals surface area (Å²) >= 11 is 3.44. The molecule has 5 nitrogen and oxygen atoms in total. The van der Waals surface area contributed by atoms with Crippen molar-refractivity contribution in [2.45, 2.75) is 13.2 Å². The number of aromatic nitrogens is 2. The lowest BCUT2D eigenvalue weighted by molar-refractivity contribution is 0.178. The fourth-order valence-corrected chi connectivity index (χ4v) is 2.09. The van der Waals surface area contributed by atoms with Gasteiger partial charge in [-0.1, -0.05) is 28.1 Å². The normalized spacial score (nSPS) is 10.4. The molecule has 0 saturated heterocycles. The number of nitrogen functional groups attached to an aromatic ring is 1. The second kappa shape index (κ2) is 6.49. The molecule has 0 spiro atoms. The van der Waals surface area contributed by atoms with E-state index in [4.69, 9.17) is 10.5 Å². The smallest absolute Gasteiger partial charge is 0.158 e. The summed E-state index contributed by atoms with van der Waals surface area (Å²) in [5.74, 6) is 1.69. The molecule has 1 aromatic carbocycles. The maximum Gasteiger partial charge on any atom is 0.158 e. The van der Waals surface area contributed by atoms with Crippen LogP contribution in [0.3, 0.4) is 0 Å². The highest BCUT2D eigenvalue weighted by Crippen LogP contribution is 2.14. The van der Waals surface area contributed by atoms with Crippen LogP contribution in [0.25, 0.3) is 0 Å². The number of hydrogen-bond acceptors (Lipinski definition) is 5. The minimum atomic E-state index is 0.344. The third-order valence-electron chi connectivity index (χ3n) is 2.43. The molecule has 0 aliphatic carbocycles. The maximum absolute atomic E-state index is 5.73. The summed E-state index contributed by atoms with van der Waals surface area (Å²) in [6, 6.07) is 9.78. The van der Waals surface area contributed by atoms with Gasteiger partial charge < -0.3 is 15.8 Å². The average Bonchev–Trinajstić information content (AvgIpc) is 2.36. The van der Waals surface area contributed by atoms with Gasteiger partial charge >= 0.3 is 0 Å². The number of ether oxygens (including phenoxy) is 1. The molecule has 0 bridgehead atoms. The van der Waals surface area contributed by atoms with Crippen molar-refractivity contribution in [3.63, 3.8) is 0 Å². The largest absolute Gasteiger partial charge is 0.384 e. The quantitative estimate of drug-likeness (QED) is 0.885. The lowest BCUT2D eigenvalue weighted by Crippen LogP contribution is -2.07. The van der Waals surface area contributed by atoms with Gasteiger partial charge in [-0.25, -0.2) is 9.97 Å². The van der Waals surface area contributed by atoms with E-state index in [-0.39, 0.29) is 0 Å². The Hall–Kier alpha value is -1.66. The molecule has 0 amide bonds. The fraction of sp³-hybridized carbons (Fsp3) is 0.231. The molecule has 6 heteroatoms. The highest BCUT2D eigenvalue weighted by molar-refractivity contribution is 9.10. The van der Waals surface area contributed by atoms with E-state index >= 15 is 0 Å². The van der Waals surface area contributed by atoms with Crippen molar-refractivity contribution in [3.8, 4) is 0 Å². The molecule has 2 rings (SSSR count). The first kappa shape index (κ1) is 13.8. The molecule has 0 aliphatic rings. The summed E-state index contributed by atoms with van der Waals surface area (Å²) in [5.41, 5.74) is 6.88. The number of nitrogens with zero attached hydrogens (tertiary/aromatic N) is 2. The zero-order chi connectivity index (χ0) is 13.7. The third-order valence-corrected chi connectivity index (χ3v) is 2.92. The van der Waals surface area contributed by atoms with Crippen LogP contribution in [0.15, 0.2) is 34.8 Å². The lowest BCUT2D eigenvalue weighted by atomic mass is 10.2. The summed E-state index contributed by atoms with van der Waals surface area (Å²) in [5, 5.41) is 3.22. The van der Waals surface area contributed by atoms with Crippen LogP contribution >= 0.6 is 15.9 Å². The molecule has 2 aromatic rings. The molecular weight excluding hydrogens is 308 g/mol. The topological polar surface area (TPSA) is 73.1 Å². The van der Waals surface area contributed by atoms with Gasteiger partial charge in [0.05, 0.1) is 0 Å².